The number of benzene rings is 2. The molecular formula is C26H25ClN2O3. The third-order valence-electron chi connectivity index (χ3n) is 6.14. The fourth-order valence-corrected chi connectivity index (χ4v) is 4.74. The lowest BCUT2D eigenvalue weighted by molar-refractivity contribution is -0.116. The van der Waals surface area contributed by atoms with Crippen LogP contribution >= 0.6 is 11.6 Å². The van der Waals surface area contributed by atoms with Crippen LogP contribution in [0.15, 0.2) is 53.1 Å². The van der Waals surface area contributed by atoms with Gasteiger partial charge in [0.05, 0.1) is 5.92 Å². The molecule has 0 saturated carbocycles. The SMILES string of the molecule is Cc1cc(COc2ccc(Cl)cc2C)c(C)c([C@@H]2C(C#N)=C(N)OC3=C2C(=O)CCC3)c1. The van der Waals surface area contributed by atoms with Crippen molar-refractivity contribution in [2.45, 2.75) is 52.6 Å². The molecule has 0 aromatic heterocycles. The van der Waals surface area contributed by atoms with E-state index in [1.807, 2.05) is 39.0 Å². The zero-order valence-electron chi connectivity index (χ0n) is 18.4. The predicted molar refractivity (Wildman–Crippen MR) is 123 cm³/mol. The molecule has 1 aliphatic carbocycles. The minimum absolute atomic E-state index is 0.0204. The van der Waals surface area contributed by atoms with E-state index in [-0.39, 0.29) is 17.2 Å². The molecule has 2 N–H and O–H groups in total. The van der Waals surface area contributed by atoms with Crippen molar-refractivity contribution in [3.05, 3.63) is 86.0 Å². The van der Waals surface area contributed by atoms with E-state index in [0.717, 1.165) is 40.0 Å². The van der Waals surface area contributed by atoms with Gasteiger partial charge < -0.3 is 15.2 Å². The molecule has 0 saturated heterocycles. The van der Waals surface area contributed by atoms with Gasteiger partial charge in [0.1, 0.15) is 29.8 Å². The van der Waals surface area contributed by atoms with Crippen LogP contribution in [0.25, 0.3) is 0 Å². The number of nitriles is 1. The molecule has 4 rings (SSSR count). The first kappa shape index (κ1) is 22.0. The Balaban J connectivity index is 1.77. The first-order chi connectivity index (χ1) is 15.3. The van der Waals surface area contributed by atoms with Crippen LogP contribution in [-0.4, -0.2) is 5.78 Å². The smallest absolute Gasteiger partial charge is 0.205 e. The molecule has 0 amide bonds. The Morgan fingerprint density at radius 1 is 1.22 bits per heavy atom. The van der Waals surface area contributed by atoms with Gasteiger partial charge in [-0.25, -0.2) is 0 Å². The molecule has 6 heteroatoms. The summed E-state index contributed by atoms with van der Waals surface area (Å²) >= 11 is 6.06. The third kappa shape index (κ3) is 3.99. The zero-order chi connectivity index (χ0) is 23.0. The number of carbonyl (C=O) groups excluding carboxylic acids is 1. The molecule has 1 heterocycles. The first-order valence-electron chi connectivity index (χ1n) is 10.6. The number of rotatable bonds is 4. The van der Waals surface area contributed by atoms with E-state index in [0.29, 0.717) is 35.8 Å². The summed E-state index contributed by atoms with van der Waals surface area (Å²) in [5, 5.41) is 10.5. The number of ketones is 1. The summed E-state index contributed by atoms with van der Waals surface area (Å²) in [7, 11) is 0. The number of carbonyl (C=O) groups is 1. The number of aryl methyl sites for hydroxylation is 2. The van der Waals surface area contributed by atoms with Crippen molar-refractivity contribution < 1.29 is 14.3 Å². The Morgan fingerprint density at radius 2 is 2.00 bits per heavy atom. The second-order valence-electron chi connectivity index (χ2n) is 8.38. The molecule has 5 nitrogen and oxygen atoms in total. The van der Waals surface area contributed by atoms with E-state index in [9.17, 15) is 10.1 Å². The molecular weight excluding hydrogens is 424 g/mol. The van der Waals surface area contributed by atoms with E-state index < -0.39 is 5.92 Å². The van der Waals surface area contributed by atoms with Gasteiger partial charge in [-0.3, -0.25) is 4.79 Å². The van der Waals surface area contributed by atoms with E-state index in [2.05, 4.69) is 12.1 Å². The quantitative estimate of drug-likeness (QED) is 0.652. The van der Waals surface area contributed by atoms with Gasteiger partial charge in [0, 0.05) is 23.4 Å². The summed E-state index contributed by atoms with van der Waals surface area (Å²) in [5.74, 6) is 0.941. The molecule has 1 atom stereocenters. The van der Waals surface area contributed by atoms with E-state index in [1.165, 1.54) is 0 Å². The Hall–Kier alpha value is -3.23. The highest BCUT2D eigenvalue weighted by atomic mass is 35.5. The van der Waals surface area contributed by atoms with Gasteiger partial charge in [-0.2, -0.15) is 5.26 Å². The number of allylic oxidation sites excluding steroid dienone is 3. The average Bonchev–Trinajstić information content (AvgIpc) is 2.74. The van der Waals surface area contributed by atoms with Crippen LogP contribution in [0, 0.1) is 32.1 Å². The highest BCUT2D eigenvalue weighted by Gasteiger charge is 2.38. The van der Waals surface area contributed by atoms with Crippen LogP contribution in [0.2, 0.25) is 5.02 Å². The summed E-state index contributed by atoms with van der Waals surface area (Å²) in [4.78, 5) is 12.9. The molecule has 0 radical (unpaired) electrons. The maximum Gasteiger partial charge on any atom is 0.205 e. The fraction of sp³-hybridized carbons (Fsp3) is 0.308. The van der Waals surface area contributed by atoms with E-state index >= 15 is 0 Å². The molecule has 2 aromatic rings. The average molecular weight is 449 g/mol. The molecule has 0 fully saturated rings. The van der Waals surface area contributed by atoms with Crippen molar-refractivity contribution in [1.29, 1.82) is 5.26 Å². The van der Waals surface area contributed by atoms with Gasteiger partial charge in [-0.05, 0) is 67.6 Å². The largest absolute Gasteiger partial charge is 0.489 e. The molecule has 32 heavy (non-hydrogen) atoms. The lowest BCUT2D eigenvalue weighted by Gasteiger charge is -2.32. The Labute approximate surface area is 193 Å². The number of nitrogens with zero attached hydrogens (tertiary/aromatic N) is 1. The lowest BCUT2D eigenvalue weighted by atomic mass is 9.75. The Morgan fingerprint density at radius 3 is 2.72 bits per heavy atom. The highest BCUT2D eigenvalue weighted by molar-refractivity contribution is 6.30. The Bertz CT molecular complexity index is 1220. The summed E-state index contributed by atoms with van der Waals surface area (Å²) in [6.45, 7) is 6.30. The summed E-state index contributed by atoms with van der Waals surface area (Å²) in [5.41, 5.74) is 11.8. The number of ether oxygens (including phenoxy) is 2. The molecule has 0 unspecified atom stereocenters. The first-order valence-corrected chi connectivity index (χ1v) is 11.0. The minimum atomic E-state index is -0.521. The standard InChI is InChI=1S/C26H25ClN2O3/c1-14-9-17(13-31-22-8-7-18(27)11-15(22)2)16(3)19(10-14)24-20(12-28)26(29)32-23-6-4-5-21(30)25(23)24/h7-11,24H,4-6,13,29H2,1-3H3/t24-/m1/s1. The second kappa shape index (κ2) is 8.72. The highest BCUT2D eigenvalue weighted by Crippen LogP contribution is 2.45. The van der Waals surface area contributed by atoms with Gasteiger partial charge in [0.25, 0.3) is 0 Å². The number of Topliss-reactive ketones (excluding diaryl/α,β-unsaturated/α-hetero) is 1. The van der Waals surface area contributed by atoms with Crippen molar-refractivity contribution >= 4 is 17.4 Å². The summed E-state index contributed by atoms with van der Waals surface area (Å²) in [6.07, 6.45) is 1.83. The monoisotopic (exact) mass is 448 g/mol. The molecule has 164 valence electrons. The van der Waals surface area contributed by atoms with Crippen LogP contribution in [0.4, 0.5) is 0 Å². The van der Waals surface area contributed by atoms with Crippen LogP contribution in [0.3, 0.4) is 0 Å². The van der Waals surface area contributed by atoms with Gasteiger partial charge >= 0.3 is 0 Å². The molecule has 0 spiro atoms. The summed E-state index contributed by atoms with van der Waals surface area (Å²) in [6, 6.07) is 11.8. The van der Waals surface area contributed by atoms with Crippen molar-refractivity contribution in [2.75, 3.05) is 0 Å². The summed E-state index contributed by atoms with van der Waals surface area (Å²) < 4.78 is 11.8. The minimum Gasteiger partial charge on any atom is -0.489 e. The predicted octanol–water partition coefficient (Wildman–Crippen LogP) is 5.66. The normalized spacial score (nSPS) is 18.2. The van der Waals surface area contributed by atoms with Crippen LogP contribution in [-0.2, 0) is 16.1 Å². The lowest BCUT2D eigenvalue weighted by Crippen LogP contribution is -2.28. The molecule has 0 bridgehead atoms. The van der Waals surface area contributed by atoms with Crippen molar-refractivity contribution in [3.63, 3.8) is 0 Å². The van der Waals surface area contributed by atoms with Gasteiger partial charge in [0.2, 0.25) is 5.88 Å². The van der Waals surface area contributed by atoms with E-state index in [4.69, 9.17) is 26.8 Å². The molecule has 2 aromatic carbocycles. The number of hydrogen-bond acceptors (Lipinski definition) is 5. The fourth-order valence-electron chi connectivity index (χ4n) is 4.51. The number of halogens is 1. The number of nitrogens with two attached hydrogens (primary N) is 1. The molecule has 1 aliphatic heterocycles. The van der Waals surface area contributed by atoms with Gasteiger partial charge in [-0.1, -0.05) is 29.3 Å². The second-order valence-corrected chi connectivity index (χ2v) is 8.81. The zero-order valence-corrected chi connectivity index (χ0v) is 19.2. The number of hydrogen-bond donors (Lipinski definition) is 1. The third-order valence-corrected chi connectivity index (χ3v) is 6.37. The van der Waals surface area contributed by atoms with E-state index in [1.54, 1.807) is 6.07 Å². The van der Waals surface area contributed by atoms with Gasteiger partial charge in [-0.15, -0.1) is 0 Å². The topological polar surface area (TPSA) is 85.3 Å². The van der Waals surface area contributed by atoms with Crippen molar-refractivity contribution in [3.8, 4) is 11.8 Å². The molecule has 2 aliphatic rings. The maximum atomic E-state index is 12.9. The Kier molecular flexibility index (Phi) is 5.99. The van der Waals surface area contributed by atoms with Crippen molar-refractivity contribution in [1.82, 2.24) is 0 Å². The van der Waals surface area contributed by atoms with Crippen LogP contribution < -0.4 is 10.5 Å². The van der Waals surface area contributed by atoms with Crippen LogP contribution in [0.1, 0.15) is 53.0 Å². The maximum absolute atomic E-state index is 12.9. The van der Waals surface area contributed by atoms with Crippen molar-refractivity contribution in [2.24, 2.45) is 5.73 Å². The van der Waals surface area contributed by atoms with Gasteiger partial charge in [0.15, 0.2) is 5.78 Å². The van der Waals surface area contributed by atoms with Crippen LogP contribution in [0.5, 0.6) is 5.75 Å².